The summed E-state index contributed by atoms with van der Waals surface area (Å²) in [7, 11) is 0. The minimum Gasteiger partial charge on any atom is -0.370 e. The van der Waals surface area contributed by atoms with E-state index in [0.29, 0.717) is 23.3 Å². The molecule has 0 atom stereocenters. The van der Waals surface area contributed by atoms with Crippen molar-refractivity contribution in [2.45, 2.75) is 20.0 Å². The highest BCUT2D eigenvalue weighted by molar-refractivity contribution is 5.90. The zero-order chi connectivity index (χ0) is 18.2. The topological polar surface area (TPSA) is 76.7 Å². The fourth-order valence-electron chi connectivity index (χ4n) is 2.68. The number of hydrogen-bond donors (Lipinski definition) is 2. The summed E-state index contributed by atoms with van der Waals surface area (Å²) in [6, 6.07) is 7.07. The van der Waals surface area contributed by atoms with E-state index in [2.05, 4.69) is 20.3 Å². The van der Waals surface area contributed by atoms with Gasteiger partial charge in [-0.3, -0.25) is 0 Å². The summed E-state index contributed by atoms with van der Waals surface area (Å²) in [5.74, 6) is 0.520. The van der Waals surface area contributed by atoms with Crippen LogP contribution in [-0.4, -0.2) is 21.5 Å². The van der Waals surface area contributed by atoms with E-state index in [1.165, 1.54) is 12.1 Å². The van der Waals surface area contributed by atoms with Gasteiger partial charge in [0.15, 0.2) is 5.65 Å². The standard InChI is InChI=1S/C17H16F3N5/c1-3-22-14-11-8-9(2)13(23-15(11)25-16(21)24-14)10-6-4-5-7-12(10)17(18,19)20/h4-8H,3H2,1-2H3,(H3,21,22,23,24,25). The normalized spacial score (nSPS) is 11.7. The molecule has 0 saturated heterocycles. The van der Waals surface area contributed by atoms with Gasteiger partial charge >= 0.3 is 6.18 Å². The average molecular weight is 347 g/mol. The predicted molar refractivity (Wildman–Crippen MR) is 91.1 cm³/mol. The summed E-state index contributed by atoms with van der Waals surface area (Å²) in [5.41, 5.74) is 6.04. The van der Waals surface area contributed by atoms with Crippen molar-refractivity contribution in [1.82, 2.24) is 15.0 Å². The Hall–Kier alpha value is -2.90. The van der Waals surface area contributed by atoms with Crippen LogP contribution in [0.2, 0.25) is 0 Å². The molecule has 0 fully saturated rings. The number of nitrogens with zero attached hydrogens (tertiary/aromatic N) is 3. The van der Waals surface area contributed by atoms with Crippen molar-refractivity contribution in [1.29, 1.82) is 0 Å². The maximum Gasteiger partial charge on any atom is 0.417 e. The van der Waals surface area contributed by atoms with E-state index in [1.54, 1.807) is 19.1 Å². The van der Waals surface area contributed by atoms with Gasteiger partial charge in [-0.1, -0.05) is 18.2 Å². The summed E-state index contributed by atoms with van der Waals surface area (Å²) in [6.45, 7) is 4.22. The molecule has 1 aromatic carbocycles. The molecule has 0 aliphatic heterocycles. The van der Waals surface area contributed by atoms with Crippen molar-refractivity contribution in [3.05, 3.63) is 41.5 Å². The number of pyridine rings is 1. The molecule has 0 aliphatic rings. The minimum atomic E-state index is -4.47. The number of fused-ring (bicyclic) bond motifs is 1. The summed E-state index contributed by atoms with van der Waals surface area (Å²) in [4.78, 5) is 12.6. The number of rotatable bonds is 3. The van der Waals surface area contributed by atoms with Crippen LogP contribution in [0.25, 0.3) is 22.3 Å². The summed E-state index contributed by atoms with van der Waals surface area (Å²) >= 11 is 0. The van der Waals surface area contributed by atoms with Crippen LogP contribution in [0.4, 0.5) is 24.9 Å². The number of aryl methyl sites for hydroxylation is 1. The van der Waals surface area contributed by atoms with Gasteiger partial charge in [-0.2, -0.15) is 23.1 Å². The first-order chi connectivity index (χ1) is 11.8. The second-order valence-corrected chi connectivity index (χ2v) is 5.53. The molecule has 25 heavy (non-hydrogen) atoms. The maximum absolute atomic E-state index is 13.3. The summed E-state index contributed by atoms with van der Waals surface area (Å²) < 4.78 is 40.0. The van der Waals surface area contributed by atoms with Gasteiger partial charge in [0, 0.05) is 12.1 Å². The Labute approximate surface area is 142 Å². The third-order valence-electron chi connectivity index (χ3n) is 3.73. The lowest BCUT2D eigenvalue weighted by molar-refractivity contribution is -0.137. The number of nitrogen functional groups attached to an aromatic ring is 1. The van der Waals surface area contributed by atoms with Gasteiger partial charge in [-0.05, 0) is 31.5 Å². The van der Waals surface area contributed by atoms with Crippen molar-refractivity contribution >= 4 is 22.8 Å². The smallest absolute Gasteiger partial charge is 0.370 e. The fraction of sp³-hybridized carbons (Fsp3) is 0.235. The van der Waals surface area contributed by atoms with Crippen molar-refractivity contribution in [3.63, 3.8) is 0 Å². The molecule has 3 rings (SSSR count). The molecule has 0 saturated carbocycles. The molecule has 2 heterocycles. The zero-order valence-electron chi connectivity index (χ0n) is 13.6. The molecular weight excluding hydrogens is 331 g/mol. The lowest BCUT2D eigenvalue weighted by Gasteiger charge is -2.15. The maximum atomic E-state index is 13.3. The Bertz CT molecular complexity index is 937. The van der Waals surface area contributed by atoms with Crippen LogP contribution in [0, 0.1) is 6.92 Å². The zero-order valence-corrected chi connectivity index (χ0v) is 13.6. The number of benzene rings is 1. The largest absolute Gasteiger partial charge is 0.417 e. The Morgan fingerprint density at radius 2 is 1.84 bits per heavy atom. The highest BCUT2D eigenvalue weighted by Crippen LogP contribution is 2.38. The molecule has 0 amide bonds. The average Bonchev–Trinajstić information content (AvgIpc) is 2.54. The van der Waals surface area contributed by atoms with Gasteiger partial charge in [-0.25, -0.2) is 4.98 Å². The molecule has 130 valence electrons. The second-order valence-electron chi connectivity index (χ2n) is 5.53. The SMILES string of the molecule is CCNc1nc(N)nc2nc(-c3ccccc3C(F)(F)F)c(C)cc12. The Kier molecular flexibility index (Phi) is 4.20. The lowest BCUT2D eigenvalue weighted by atomic mass is 10.00. The molecule has 3 N–H and O–H groups in total. The highest BCUT2D eigenvalue weighted by Gasteiger charge is 2.34. The molecule has 2 aromatic heterocycles. The molecule has 8 heteroatoms. The van der Waals surface area contributed by atoms with E-state index in [0.717, 1.165) is 6.07 Å². The van der Waals surface area contributed by atoms with Crippen LogP contribution >= 0.6 is 0 Å². The number of halogens is 3. The van der Waals surface area contributed by atoms with Gasteiger partial charge in [0.1, 0.15) is 5.82 Å². The van der Waals surface area contributed by atoms with Gasteiger partial charge < -0.3 is 11.1 Å². The number of aromatic nitrogens is 3. The molecule has 0 unspecified atom stereocenters. The first-order valence-corrected chi connectivity index (χ1v) is 7.66. The third-order valence-corrected chi connectivity index (χ3v) is 3.73. The van der Waals surface area contributed by atoms with Crippen molar-refractivity contribution in [2.75, 3.05) is 17.6 Å². The van der Waals surface area contributed by atoms with Crippen molar-refractivity contribution in [2.24, 2.45) is 0 Å². The molecule has 0 spiro atoms. The first-order valence-electron chi connectivity index (χ1n) is 7.66. The summed E-state index contributed by atoms with van der Waals surface area (Å²) in [5, 5.41) is 3.68. The van der Waals surface area contributed by atoms with Crippen LogP contribution in [0.5, 0.6) is 0 Å². The monoisotopic (exact) mass is 347 g/mol. The molecule has 3 aromatic rings. The summed E-state index contributed by atoms with van der Waals surface area (Å²) in [6.07, 6.45) is -4.47. The number of anilines is 2. The van der Waals surface area contributed by atoms with Gasteiger partial charge in [0.2, 0.25) is 5.95 Å². The number of alkyl halides is 3. The number of hydrogen-bond acceptors (Lipinski definition) is 5. The lowest BCUT2D eigenvalue weighted by Crippen LogP contribution is -2.09. The fourth-order valence-corrected chi connectivity index (χ4v) is 2.68. The minimum absolute atomic E-state index is 0.00913. The van der Waals surface area contributed by atoms with E-state index >= 15 is 0 Å². The second kappa shape index (κ2) is 6.19. The number of nitrogens with one attached hydrogen (secondary N) is 1. The molecular formula is C17H16F3N5. The van der Waals surface area contributed by atoms with Crippen LogP contribution in [0.3, 0.4) is 0 Å². The molecule has 5 nitrogen and oxygen atoms in total. The van der Waals surface area contributed by atoms with E-state index in [4.69, 9.17) is 5.73 Å². The Morgan fingerprint density at radius 3 is 2.52 bits per heavy atom. The molecule has 0 aliphatic carbocycles. The quantitative estimate of drug-likeness (QED) is 0.748. The third kappa shape index (κ3) is 3.19. The first kappa shape index (κ1) is 16.9. The Morgan fingerprint density at radius 1 is 1.12 bits per heavy atom. The Balaban J connectivity index is 2.28. The van der Waals surface area contributed by atoms with Gasteiger partial charge in [0.25, 0.3) is 0 Å². The molecule has 0 radical (unpaired) electrons. The van der Waals surface area contributed by atoms with E-state index in [9.17, 15) is 13.2 Å². The molecule has 0 bridgehead atoms. The van der Waals surface area contributed by atoms with E-state index < -0.39 is 11.7 Å². The van der Waals surface area contributed by atoms with Crippen molar-refractivity contribution < 1.29 is 13.2 Å². The van der Waals surface area contributed by atoms with E-state index in [1.807, 2.05) is 6.92 Å². The van der Waals surface area contributed by atoms with Crippen LogP contribution in [-0.2, 0) is 6.18 Å². The van der Waals surface area contributed by atoms with Crippen LogP contribution in [0.15, 0.2) is 30.3 Å². The van der Waals surface area contributed by atoms with Gasteiger partial charge in [-0.15, -0.1) is 0 Å². The predicted octanol–water partition coefficient (Wildman–Crippen LogP) is 4.03. The highest BCUT2D eigenvalue weighted by atomic mass is 19.4. The van der Waals surface area contributed by atoms with Crippen LogP contribution < -0.4 is 11.1 Å². The van der Waals surface area contributed by atoms with Gasteiger partial charge in [0.05, 0.1) is 16.6 Å². The number of nitrogens with two attached hydrogens (primary N) is 1. The van der Waals surface area contributed by atoms with E-state index in [-0.39, 0.29) is 22.9 Å². The van der Waals surface area contributed by atoms with Crippen LogP contribution in [0.1, 0.15) is 18.1 Å². The van der Waals surface area contributed by atoms with Crippen molar-refractivity contribution in [3.8, 4) is 11.3 Å².